The predicted octanol–water partition coefficient (Wildman–Crippen LogP) is 4.72. The van der Waals surface area contributed by atoms with Crippen molar-refractivity contribution in [2.45, 2.75) is 13.3 Å². The van der Waals surface area contributed by atoms with Crippen molar-refractivity contribution in [1.82, 2.24) is 0 Å². The SMILES string of the molecule is CCc1cc(I)c2sccc2c1Cl. The molecule has 0 saturated heterocycles. The number of fused-ring (bicyclic) bond motifs is 1. The maximum atomic E-state index is 6.26. The van der Waals surface area contributed by atoms with Gasteiger partial charge in [-0.2, -0.15) is 0 Å². The van der Waals surface area contributed by atoms with E-state index in [9.17, 15) is 0 Å². The molecule has 68 valence electrons. The molecule has 1 aromatic heterocycles. The normalized spacial score (nSPS) is 11.0. The zero-order chi connectivity index (χ0) is 9.42. The summed E-state index contributed by atoms with van der Waals surface area (Å²) in [6, 6.07) is 4.28. The largest absolute Gasteiger partial charge is 0.143 e. The topological polar surface area (TPSA) is 0 Å². The van der Waals surface area contributed by atoms with Crippen LogP contribution in [0.25, 0.3) is 10.1 Å². The zero-order valence-corrected chi connectivity index (χ0v) is 10.8. The van der Waals surface area contributed by atoms with E-state index in [-0.39, 0.29) is 0 Å². The third kappa shape index (κ3) is 1.60. The van der Waals surface area contributed by atoms with Crippen LogP contribution in [0.15, 0.2) is 17.5 Å². The molecule has 0 nitrogen and oxygen atoms in total. The lowest BCUT2D eigenvalue weighted by atomic mass is 10.1. The Balaban J connectivity index is 2.85. The van der Waals surface area contributed by atoms with E-state index in [1.807, 2.05) is 0 Å². The van der Waals surface area contributed by atoms with Crippen molar-refractivity contribution in [1.29, 1.82) is 0 Å². The number of rotatable bonds is 1. The van der Waals surface area contributed by atoms with Gasteiger partial charge in [0.25, 0.3) is 0 Å². The van der Waals surface area contributed by atoms with Crippen molar-refractivity contribution in [3.63, 3.8) is 0 Å². The first-order chi connectivity index (χ1) is 6.24. The second-order valence-corrected chi connectivity index (χ2v) is 5.30. The van der Waals surface area contributed by atoms with E-state index in [0.717, 1.165) is 11.4 Å². The Morgan fingerprint density at radius 1 is 1.54 bits per heavy atom. The monoisotopic (exact) mass is 322 g/mol. The molecule has 2 aromatic rings. The van der Waals surface area contributed by atoms with Gasteiger partial charge in [0.05, 0.1) is 5.02 Å². The molecule has 0 aliphatic heterocycles. The van der Waals surface area contributed by atoms with Crippen molar-refractivity contribution >= 4 is 55.6 Å². The van der Waals surface area contributed by atoms with Gasteiger partial charge in [-0.15, -0.1) is 11.3 Å². The number of aryl methyl sites for hydroxylation is 1. The van der Waals surface area contributed by atoms with Crippen molar-refractivity contribution in [2.24, 2.45) is 0 Å². The highest BCUT2D eigenvalue weighted by Gasteiger charge is 2.08. The van der Waals surface area contributed by atoms with Gasteiger partial charge in [-0.05, 0) is 52.1 Å². The molecule has 3 heteroatoms. The summed E-state index contributed by atoms with van der Waals surface area (Å²) in [4.78, 5) is 0. The van der Waals surface area contributed by atoms with Crippen LogP contribution in [0, 0.1) is 3.57 Å². The van der Waals surface area contributed by atoms with Crippen LogP contribution in [-0.2, 0) is 6.42 Å². The number of halogens is 2. The maximum absolute atomic E-state index is 6.26. The molecule has 1 heterocycles. The minimum absolute atomic E-state index is 0.930. The van der Waals surface area contributed by atoms with Crippen molar-refractivity contribution in [3.05, 3.63) is 31.7 Å². The second-order valence-electron chi connectivity index (χ2n) is 2.85. The van der Waals surface area contributed by atoms with Crippen molar-refractivity contribution < 1.29 is 0 Å². The fourth-order valence-corrected chi connectivity index (χ4v) is 3.64. The molecular formula is C10H8ClIS. The van der Waals surface area contributed by atoms with Crippen LogP contribution in [0.3, 0.4) is 0 Å². The molecule has 0 aliphatic rings. The van der Waals surface area contributed by atoms with Crippen molar-refractivity contribution in [2.75, 3.05) is 0 Å². The maximum Gasteiger partial charge on any atom is 0.0525 e. The van der Waals surface area contributed by atoms with Gasteiger partial charge < -0.3 is 0 Å². The zero-order valence-electron chi connectivity index (χ0n) is 7.10. The summed E-state index contributed by atoms with van der Waals surface area (Å²) >= 11 is 10.4. The van der Waals surface area contributed by atoms with E-state index < -0.39 is 0 Å². The highest BCUT2D eigenvalue weighted by molar-refractivity contribution is 14.1. The molecule has 0 amide bonds. The first kappa shape index (κ1) is 9.74. The van der Waals surface area contributed by atoms with Gasteiger partial charge in [0, 0.05) is 13.7 Å². The average Bonchev–Trinajstić information content (AvgIpc) is 2.60. The summed E-state index contributed by atoms with van der Waals surface area (Å²) in [5.41, 5.74) is 1.25. The van der Waals surface area contributed by atoms with E-state index in [0.29, 0.717) is 0 Å². The molecule has 0 N–H and O–H groups in total. The standard InChI is InChI=1S/C10H8ClIS/c1-2-6-5-8(12)10-7(9(6)11)3-4-13-10/h3-5H,2H2,1H3. The Morgan fingerprint density at radius 3 is 3.00 bits per heavy atom. The molecule has 0 spiro atoms. The van der Waals surface area contributed by atoms with E-state index in [1.54, 1.807) is 11.3 Å². The molecular weight excluding hydrogens is 315 g/mol. The van der Waals surface area contributed by atoms with Gasteiger partial charge in [-0.25, -0.2) is 0 Å². The highest BCUT2D eigenvalue weighted by atomic mass is 127. The van der Waals surface area contributed by atoms with Gasteiger partial charge in [-0.1, -0.05) is 18.5 Å². The summed E-state index contributed by atoms with van der Waals surface area (Å²) in [6.07, 6.45) is 1.00. The lowest BCUT2D eigenvalue weighted by Gasteiger charge is -2.03. The van der Waals surface area contributed by atoms with Crippen LogP contribution in [0.5, 0.6) is 0 Å². The van der Waals surface area contributed by atoms with Crippen LogP contribution in [0.2, 0.25) is 5.02 Å². The summed E-state index contributed by atoms with van der Waals surface area (Å²) in [7, 11) is 0. The van der Waals surface area contributed by atoms with Gasteiger partial charge in [-0.3, -0.25) is 0 Å². The molecule has 0 atom stereocenters. The lowest BCUT2D eigenvalue weighted by Crippen LogP contribution is -1.84. The van der Waals surface area contributed by atoms with Crippen LogP contribution >= 0.6 is 45.5 Å². The third-order valence-corrected chi connectivity index (χ3v) is 4.69. The molecule has 0 aliphatic carbocycles. The predicted molar refractivity (Wildman–Crippen MR) is 68.9 cm³/mol. The Labute approximate surface area is 100 Å². The van der Waals surface area contributed by atoms with Crippen LogP contribution < -0.4 is 0 Å². The van der Waals surface area contributed by atoms with E-state index >= 15 is 0 Å². The van der Waals surface area contributed by atoms with E-state index in [4.69, 9.17) is 11.6 Å². The fourth-order valence-electron chi connectivity index (χ4n) is 1.38. The second kappa shape index (κ2) is 3.75. The smallest absolute Gasteiger partial charge is 0.0525 e. The Kier molecular flexibility index (Phi) is 2.81. The van der Waals surface area contributed by atoms with Gasteiger partial charge in [0.1, 0.15) is 0 Å². The minimum Gasteiger partial charge on any atom is -0.143 e. The van der Waals surface area contributed by atoms with Gasteiger partial charge >= 0.3 is 0 Å². The first-order valence-electron chi connectivity index (χ1n) is 4.08. The van der Waals surface area contributed by atoms with Gasteiger partial charge in [0.2, 0.25) is 0 Å². The van der Waals surface area contributed by atoms with E-state index in [1.165, 1.54) is 19.2 Å². The Morgan fingerprint density at radius 2 is 2.31 bits per heavy atom. The first-order valence-corrected chi connectivity index (χ1v) is 6.41. The molecule has 0 saturated carbocycles. The van der Waals surface area contributed by atoms with E-state index in [2.05, 4.69) is 47.0 Å². The third-order valence-electron chi connectivity index (χ3n) is 2.08. The summed E-state index contributed by atoms with van der Waals surface area (Å²) < 4.78 is 2.62. The Hall–Kier alpha value is 0.200. The number of thiophene rings is 1. The summed E-state index contributed by atoms with van der Waals surface area (Å²) in [6.45, 7) is 2.13. The Bertz CT molecular complexity index is 447. The molecule has 0 radical (unpaired) electrons. The highest BCUT2D eigenvalue weighted by Crippen LogP contribution is 2.34. The van der Waals surface area contributed by atoms with Crippen LogP contribution in [0.4, 0.5) is 0 Å². The lowest BCUT2D eigenvalue weighted by molar-refractivity contribution is 1.14. The molecule has 2 rings (SSSR count). The van der Waals surface area contributed by atoms with Crippen LogP contribution in [-0.4, -0.2) is 0 Å². The van der Waals surface area contributed by atoms with Crippen molar-refractivity contribution in [3.8, 4) is 0 Å². The number of hydrogen-bond donors (Lipinski definition) is 0. The van der Waals surface area contributed by atoms with Crippen LogP contribution in [0.1, 0.15) is 12.5 Å². The molecule has 13 heavy (non-hydrogen) atoms. The molecule has 1 aromatic carbocycles. The van der Waals surface area contributed by atoms with Gasteiger partial charge in [0.15, 0.2) is 0 Å². The fraction of sp³-hybridized carbons (Fsp3) is 0.200. The average molecular weight is 323 g/mol. The quantitative estimate of drug-likeness (QED) is 0.666. The minimum atomic E-state index is 0.930. The number of benzene rings is 1. The number of hydrogen-bond acceptors (Lipinski definition) is 1. The summed E-state index contributed by atoms with van der Waals surface area (Å²) in [5.74, 6) is 0. The molecule has 0 fully saturated rings. The molecule has 0 bridgehead atoms. The molecule has 0 unspecified atom stereocenters. The summed E-state index contributed by atoms with van der Waals surface area (Å²) in [5, 5.41) is 4.23.